The van der Waals surface area contributed by atoms with Gasteiger partial charge in [-0.3, -0.25) is 9.89 Å². The Morgan fingerprint density at radius 3 is 2.94 bits per heavy atom. The van der Waals surface area contributed by atoms with Crippen LogP contribution in [0.4, 0.5) is 5.69 Å². The smallest absolute Gasteiger partial charge is 0.244 e. The number of aromatic nitrogens is 2. The molecule has 1 aliphatic carbocycles. The molecule has 1 aromatic carbocycles. The summed E-state index contributed by atoms with van der Waals surface area (Å²) in [6, 6.07) is 5.70. The topological polar surface area (TPSA) is 83.8 Å². The Hall–Kier alpha value is -1.88. The highest BCUT2D eigenvalue weighted by Crippen LogP contribution is 2.29. The van der Waals surface area contributed by atoms with Crippen molar-refractivity contribution in [1.29, 1.82) is 0 Å². The quantitative estimate of drug-likeness (QED) is 0.752. The average molecular weight is 244 g/mol. The number of nitrogens with two attached hydrogens (primary N) is 1. The summed E-state index contributed by atoms with van der Waals surface area (Å²) in [5, 5.41) is 10.8. The minimum absolute atomic E-state index is 0.0953. The molecule has 1 aliphatic rings. The fraction of sp³-hybridized carbons (Fsp3) is 0.385. The highest BCUT2D eigenvalue weighted by molar-refractivity contribution is 6.04. The van der Waals surface area contributed by atoms with Crippen molar-refractivity contribution in [3.63, 3.8) is 0 Å². The molecule has 3 rings (SSSR count). The second-order valence-corrected chi connectivity index (χ2v) is 4.96. The van der Waals surface area contributed by atoms with Crippen molar-refractivity contribution >= 4 is 22.5 Å². The number of hydrogen-bond donors (Lipinski definition) is 3. The fourth-order valence-electron chi connectivity index (χ4n) is 2.55. The van der Waals surface area contributed by atoms with Gasteiger partial charge in [0.25, 0.3) is 0 Å². The standard InChI is InChI=1S/C13H16N4O/c14-13(6-1-2-7-13)12(18)16-10-5-3-4-9-8-15-17-11(9)10/h3-5,8H,1-2,6-7,14H2,(H,15,17)(H,16,18). The molecule has 0 unspecified atom stereocenters. The summed E-state index contributed by atoms with van der Waals surface area (Å²) in [7, 11) is 0. The maximum Gasteiger partial charge on any atom is 0.244 e. The number of nitrogens with zero attached hydrogens (tertiary/aromatic N) is 1. The van der Waals surface area contributed by atoms with Gasteiger partial charge < -0.3 is 11.1 Å². The maximum atomic E-state index is 12.2. The number of H-pyrrole nitrogens is 1. The van der Waals surface area contributed by atoms with E-state index in [1.165, 1.54) is 0 Å². The van der Waals surface area contributed by atoms with Crippen LogP contribution in [0.25, 0.3) is 10.9 Å². The molecular formula is C13H16N4O. The molecule has 1 fully saturated rings. The molecule has 0 atom stereocenters. The molecular weight excluding hydrogens is 228 g/mol. The molecule has 0 aliphatic heterocycles. The van der Waals surface area contributed by atoms with Crippen molar-refractivity contribution in [3.8, 4) is 0 Å². The third kappa shape index (κ3) is 1.76. The Labute approximate surface area is 105 Å². The van der Waals surface area contributed by atoms with Crippen LogP contribution in [0.5, 0.6) is 0 Å². The summed E-state index contributed by atoms with van der Waals surface area (Å²) >= 11 is 0. The molecule has 1 saturated carbocycles. The van der Waals surface area contributed by atoms with E-state index in [4.69, 9.17) is 5.73 Å². The van der Waals surface area contributed by atoms with E-state index in [9.17, 15) is 4.79 Å². The lowest BCUT2D eigenvalue weighted by molar-refractivity contribution is -0.120. The van der Waals surface area contributed by atoms with Crippen LogP contribution in [0.2, 0.25) is 0 Å². The van der Waals surface area contributed by atoms with Crippen molar-refractivity contribution in [2.75, 3.05) is 5.32 Å². The summed E-state index contributed by atoms with van der Waals surface area (Å²) < 4.78 is 0. The van der Waals surface area contributed by atoms with E-state index < -0.39 is 5.54 Å². The Morgan fingerprint density at radius 1 is 1.39 bits per heavy atom. The van der Waals surface area contributed by atoms with Gasteiger partial charge >= 0.3 is 0 Å². The number of aromatic amines is 1. The van der Waals surface area contributed by atoms with E-state index in [-0.39, 0.29) is 5.91 Å². The number of nitrogens with one attached hydrogen (secondary N) is 2. The van der Waals surface area contributed by atoms with Gasteiger partial charge in [0, 0.05) is 5.39 Å². The first-order valence-corrected chi connectivity index (χ1v) is 6.21. The largest absolute Gasteiger partial charge is 0.323 e. The number of hydrogen-bond acceptors (Lipinski definition) is 3. The van der Waals surface area contributed by atoms with E-state index in [1.807, 2.05) is 18.2 Å². The van der Waals surface area contributed by atoms with Crippen molar-refractivity contribution < 1.29 is 4.79 Å². The van der Waals surface area contributed by atoms with Crippen LogP contribution in [-0.4, -0.2) is 21.6 Å². The van der Waals surface area contributed by atoms with Gasteiger partial charge in [-0.25, -0.2) is 0 Å². The Morgan fingerprint density at radius 2 is 2.17 bits per heavy atom. The SMILES string of the molecule is NC1(C(=O)Nc2cccc3cn[nH]c23)CCCC1. The van der Waals surface area contributed by atoms with Gasteiger partial charge in [-0.2, -0.15) is 5.10 Å². The van der Waals surface area contributed by atoms with Crippen LogP contribution < -0.4 is 11.1 Å². The van der Waals surface area contributed by atoms with E-state index in [2.05, 4.69) is 15.5 Å². The molecule has 0 spiro atoms. The molecule has 0 radical (unpaired) electrons. The Kier molecular flexibility index (Phi) is 2.56. The predicted octanol–water partition coefficient (Wildman–Crippen LogP) is 1.77. The molecule has 1 aromatic heterocycles. The molecule has 0 saturated heterocycles. The number of carbonyl (C=O) groups excluding carboxylic acids is 1. The van der Waals surface area contributed by atoms with Gasteiger partial charge in [0.05, 0.1) is 22.9 Å². The monoisotopic (exact) mass is 244 g/mol. The predicted molar refractivity (Wildman–Crippen MR) is 70.1 cm³/mol. The Bertz CT molecular complexity index is 583. The van der Waals surface area contributed by atoms with Crippen LogP contribution in [0.1, 0.15) is 25.7 Å². The second kappa shape index (κ2) is 4.10. The third-order valence-corrected chi connectivity index (χ3v) is 3.67. The highest BCUT2D eigenvalue weighted by atomic mass is 16.2. The molecule has 0 bridgehead atoms. The maximum absolute atomic E-state index is 12.2. The van der Waals surface area contributed by atoms with Crippen molar-refractivity contribution in [3.05, 3.63) is 24.4 Å². The summed E-state index contributed by atoms with van der Waals surface area (Å²) in [5.41, 5.74) is 7.01. The zero-order chi connectivity index (χ0) is 12.6. The van der Waals surface area contributed by atoms with Gasteiger partial charge in [0.1, 0.15) is 0 Å². The summed E-state index contributed by atoms with van der Waals surface area (Å²) in [5.74, 6) is -0.0953. The van der Waals surface area contributed by atoms with Gasteiger partial charge in [-0.15, -0.1) is 0 Å². The molecule has 5 nitrogen and oxygen atoms in total. The van der Waals surface area contributed by atoms with Crippen LogP contribution >= 0.6 is 0 Å². The number of anilines is 1. The molecule has 4 N–H and O–H groups in total. The minimum Gasteiger partial charge on any atom is -0.323 e. The van der Waals surface area contributed by atoms with Crippen molar-refractivity contribution in [2.24, 2.45) is 5.73 Å². The van der Waals surface area contributed by atoms with Gasteiger partial charge in [0.2, 0.25) is 5.91 Å². The van der Waals surface area contributed by atoms with E-state index >= 15 is 0 Å². The van der Waals surface area contributed by atoms with E-state index in [0.717, 1.165) is 42.3 Å². The first-order chi connectivity index (χ1) is 8.69. The molecule has 5 heteroatoms. The normalized spacial score (nSPS) is 18.1. The number of para-hydroxylation sites is 1. The van der Waals surface area contributed by atoms with Gasteiger partial charge in [0.15, 0.2) is 0 Å². The Balaban J connectivity index is 1.88. The first-order valence-electron chi connectivity index (χ1n) is 6.21. The van der Waals surface area contributed by atoms with Crippen molar-refractivity contribution in [1.82, 2.24) is 10.2 Å². The average Bonchev–Trinajstić information content (AvgIpc) is 2.98. The lowest BCUT2D eigenvalue weighted by Gasteiger charge is -2.22. The fourth-order valence-corrected chi connectivity index (χ4v) is 2.55. The number of benzene rings is 1. The first kappa shape index (κ1) is 11.2. The van der Waals surface area contributed by atoms with Crippen LogP contribution in [-0.2, 0) is 4.79 Å². The number of rotatable bonds is 2. The summed E-state index contributed by atoms with van der Waals surface area (Å²) in [4.78, 5) is 12.2. The second-order valence-electron chi connectivity index (χ2n) is 4.96. The lowest BCUT2D eigenvalue weighted by atomic mass is 9.98. The minimum atomic E-state index is -0.706. The zero-order valence-corrected chi connectivity index (χ0v) is 10.1. The van der Waals surface area contributed by atoms with E-state index in [0.29, 0.717) is 0 Å². The number of amides is 1. The van der Waals surface area contributed by atoms with Crippen molar-refractivity contribution in [2.45, 2.75) is 31.2 Å². The molecule has 94 valence electrons. The molecule has 2 aromatic rings. The third-order valence-electron chi connectivity index (χ3n) is 3.67. The van der Waals surface area contributed by atoms with Gasteiger partial charge in [-0.1, -0.05) is 25.0 Å². The number of fused-ring (bicyclic) bond motifs is 1. The van der Waals surface area contributed by atoms with Crippen LogP contribution in [0, 0.1) is 0 Å². The van der Waals surface area contributed by atoms with Crippen LogP contribution in [0.3, 0.4) is 0 Å². The van der Waals surface area contributed by atoms with Gasteiger partial charge in [-0.05, 0) is 18.9 Å². The lowest BCUT2D eigenvalue weighted by Crippen LogP contribution is -2.48. The van der Waals surface area contributed by atoms with E-state index in [1.54, 1.807) is 6.20 Å². The zero-order valence-electron chi connectivity index (χ0n) is 10.1. The highest BCUT2D eigenvalue weighted by Gasteiger charge is 2.37. The molecule has 18 heavy (non-hydrogen) atoms. The molecule has 1 amide bonds. The van der Waals surface area contributed by atoms with Crippen LogP contribution in [0.15, 0.2) is 24.4 Å². The summed E-state index contributed by atoms with van der Waals surface area (Å²) in [6.07, 6.45) is 5.31. The molecule has 1 heterocycles. The number of carbonyl (C=O) groups is 1. The summed E-state index contributed by atoms with van der Waals surface area (Å²) in [6.45, 7) is 0.